The maximum absolute atomic E-state index is 12.7. The molecule has 0 bridgehead atoms. The van der Waals surface area contributed by atoms with Crippen LogP contribution in [0.25, 0.3) is 33.9 Å². The molecule has 9 nitrogen and oxygen atoms in total. The van der Waals surface area contributed by atoms with Crippen LogP contribution < -0.4 is 5.32 Å². The summed E-state index contributed by atoms with van der Waals surface area (Å²) in [4.78, 5) is 38.2. The Bertz CT molecular complexity index is 1410. The Labute approximate surface area is 191 Å². The number of carbonyl (C=O) groups is 2. The molecule has 1 aromatic carbocycles. The number of carbonyl (C=O) groups excluding carboxylic acids is 2. The van der Waals surface area contributed by atoms with Crippen LogP contribution in [0.4, 0.5) is 5.13 Å². The number of ether oxygens (including phenoxy) is 1. The summed E-state index contributed by atoms with van der Waals surface area (Å²) >= 11 is 1.27. The number of thiazole rings is 1. The molecule has 1 unspecified atom stereocenters. The van der Waals surface area contributed by atoms with Gasteiger partial charge in [-0.25, -0.2) is 19.7 Å². The maximum atomic E-state index is 12.7. The van der Waals surface area contributed by atoms with Gasteiger partial charge in [0.2, 0.25) is 0 Å². The molecule has 0 aliphatic carbocycles. The molecule has 1 N–H and O–H groups in total. The molecule has 0 saturated heterocycles. The summed E-state index contributed by atoms with van der Waals surface area (Å²) in [6.45, 7) is 1.49. The number of benzene rings is 1. The smallest absolute Gasteiger partial charge is 0.338 e. The lowest BCUT2D eigenvalue weighted by atomic mass is 10.1. The van der Waals surface area contributed by atoms with Crippen molar-refractivity contribution >= 4 is 39.4 Å². The standard InChI is InChI=1S/C23H16N4O5S/c1-13(21(28)27-23-24-8-11-33-23)32-22(29)14-6-7-15-16(12-14)26-20(18-5-3-10-31-18)19(25-15)17-4-2-9-30-17/h2-13H,1H3,(H,24,27,28). The van der Waals surface area contributed by atoms with Gasteiger partial charge in [0, 0.05) is 11.6 Å². The van der Waals surface area contributed by atoms with Crippen molar-refractivity contribution in [1.82, 2.24) is 15.0 Å². The second-order valence-electron chi connectivity index (χ2n) is 6.95. The molecule has 5 aromatic rings. The van der Waals surface area contributed by atoms with Crippen molar-refractivity contribution in [3.63, 3.8) is 0 Å². The van der Waals surface area contributed by atoms with E-state index in [2.05, 4.69) is 20.3 Å². The Hall–Kier alpha value is -4.31. The number of amides is 1. The van der Waals surface area contributed by atoms with Gasteiger partial charge < -0.3 is 13.6 Å². The van der Waals surface area contributed by atoms with Gasteiger partial charge in [-0.05, 0) is 49.4 Å². The van der Waals surface area contributed by atoms with Crippen LogP contribution in [0.3, 0.4) is 0 Å². The lowest BCUT2D eigenvalue weighted by Crippen LogP contribution is -2.29. The van der Waals surface area contributed by atoms with Crippen molar-refractivity contribution in [1.29, 1.82) is 0 Å². The zero-order valence-electron chi connectivity index (χ0n) is 17.2. The Morgan fingerprint density at radius 1 is 1.00 bits per heavy atom. The van der Waals surface area contributed by atoms with Crippen LogP contribution in [-0.4, -0.2) is 32.9 Å². The Morgan fingerprint density at radius 2 is 1.70 bits per heavy atom. The molecular weight excluding hydrogens is 444 g/mol. The summed E-state index contributed by atoms with van der Waals surface area (Å²) in [6.07, 6.45) is 3.65. The number of hydrogen-bond acceptors (Lipinski definition) is 9. The molecule has 1 atom stereocenters. The van der Waals surface area contributed by atoms with E-state index in [4.69, 9.17) is 13.6 Å². The monoisotopic (exact) mass is 460 g/mol. The number of fused-ring (bicyclic) bond motifs is 1. The summed E-state index contributed by atoms with van der Waals surface area (Å²) in [5, 5.41) is 4.77. The van der Waals surface area contributed by atoms with Gasteiger partial charge >= 0.3 is 5.97 Å². The number of nitrogens with zero attached hydrogens (tertiary/aromatic N) is 3. The predicted octanol–water partition coefficient (Wildman–Crippen LogP) is 4.79. The number of aromatic nitrogens is 3. The van der Waals surface area contributed by atoms with Crippen molar-refractivity contribution in [3.8, 4) is 22.9 Å². The van der Waals surface area contributed by atoms with Crippen molar-refractivity contribution in [2.24, 2.45) is 0 Å². The topological polar surface area (TPSA) is 120 Å². The molecule has 1 amide bonds. The average Bonchev–Trinajstić information content (AvgIpc) is 3.61. The van der Waals surface area contributed by atoms with Crippen LogP contribution in [0.1, 0.15) is 17.3 Å². The summed E-state index contributed by atoms with van der Waals surface area (Å²) < 4.78 is 16.4. The van der Waals surface area contributed by atoms with Gasteiger partial charge in [-0.15, -0.1) is 11.3 Å². The molecule has 0 radical (unpaired) electrons. The molecular formula is C23H16N4O5S. The SMILES string of the molecule is CC(OC(=O)c1ccc2nc(-c3ccco3)c(-c3ccco3)nc2c1)C(=O)Nc1nccs1. The van der Waals surface area contributed by atoms with E-state index >= 15 is 0 Å². The van der Waals surface area contributed by atoms with E-state index in [9.17, 15) is 9.59 Å². The lowest BCUT2D eigenvalue weighted by Gasteiger charge is -2.13. The molecule has 4 heterocycles. The number of rotatable bonds is 6. The lowest BCUT2D eigenvalue weighted by molar-refractivity contribution is -0.123. The molecule has 0 spiro atoms. The van der Waals surface area contributed by atoms with E-state index in [1.54, 1.807) is 66.6 Å². The highest BCUT2D eigenvalue weighted by atomic mass is 32.1. The van der Waals surface area contributed by atoms with E-state index in [-0.39, 0.29) is 5.56 Å². The highest BCUT2D eigenvalue weighted by molar-refractivity contribution is 7.13. The normalized spacial score (nSPS) is 11.9. The summed E-state index contributed by atoms with van der Waals surface area (Å²) in [5.41, 5.74) is 2.25. The fourth-order valence-corrected chi connectivity index (χ4v) is 3.66. The van der Waals surface area contributed by atoms with Gasteiger partial charge in [0.1, 0.15) is 11.4 Å². The first-order valence-corrected chi connectivity index (χ1v) is 10.8. The molecule has 0 saturated carbocycles. The number of hydrogen-bond donors (Lipinski definition) is 1. The van der Waals surface area contributed by atoms with Crippen molar-refractivity contribution in [2.45, 2.75) is 13.0 Å². The highest BCUT2D eigenvalue weighted by Crippen LogP contribution is 2.31. The Morgan fingerprint density at radius 3 is 2.30 bits per heavy atom. The van der Waals surface area contributed by atoms with Crippen molar-refractivity contribution in [2.75, 3.05) is 5.32 Å². The van der Waals surface area contributed by atoms with Crippen LogP contribution in [0, 0.1) is 0 Å². The van der Waals surface area contributed by atoms with Gasteiger partial charge in [0.15, 0.2) is 22.8 Å². The molecule has 0 aliphatic heterocycles. The van der Waals surface area contributed by atoms with E-state index < -0.39 is 18.0 Å². The van der Waals surface area contributed by atoms with E-state index in [0.29, 0.717) is 39.1 Å². The molecule has 0 fully saturated rings. The second kappa shape index (κ2) is 8.67. The van der Waals surface area contributed by atoms with E-state index in [1.807, 2.05) is 0 Å². The summed E-state index contributed by atoms with van der Waals surface area (Å²) in [6, 6.07) is 11.9. The molecule has 0 aliphatic rings. The first-order chi connectivity index (χ1) is 16.1. The van der Waals surface area contributed by atoms with Crippen molar-refractivity contribution in [3.05, 3.63) is 72.1 Å². The number of anilines is 1. The minimum absolute atomic E-state index is 0.238. The largest absolute Gasteiger partial charge is 0.463 e. The van der Waals surface area contributed by atoms with Gasteiger partial charge in [-0.1, -0.05) is 0 Å². The molecule has 4 aromatic heterocycles. The zero-order valence-corrected chi connectivity index (χ0v) is 18.0. The fraction of sp³-hybridized carbons (Fsp3) is 0.0870. The minimum Gasteiger partial charge on any atom is -0.463 e. The van der Waals surface area contributed by atoms with Crippen LogP contribution in [0.5, 0.6) is 0 Å². The minimum atomic E-state index is -1.01. The maximum Gasteiger partial charge on any atom is 0.338 e. The quantitative estimate of drug-likeness (QED) is 0.359. The summed E-state index contributed by atoms with van der Waals surface area (Å²) in [5.74, 6) is -0.0761. The predicted molar refractivity (Wildman–Crippen MR) is 121 cm³/mol. The van der Waals surface area contributed by atoms with Crippen LogP contribution in [0.2, 0.25) is 0 Å². The Kier molecular flexibility index (Phi) is 5.41. The molecule has 5 rings (SSSR count). The first kappa shape index (κ1) is 20.6. The van der Waals surface area contributed by atoms with E-state index in [1.165, 1.54) is 18.3 Å². The van der Waals surface area contributed by atoms with E-state index in [0.717, 1.165) is 0 Å². The number of nitrogens with one attached hydrogen (secondary N) is 1. The Balaban J connectivity index is 1.43. The third-order valence-electron chi connectivity index (χ3n) is 4.72. The number of esters is 1. The first-order valence-electron chi connectivity index (χ1n) is 9.89. The van der Waals surface area contributed by atoms with Gasteiger partial charge in [0.25, 0.3) is 5.91 Å². The highest BCUT2D eigenvalue weighted by Gasteiger charge is 2.21. The molecule has 33 heavy (non-hydrogen) atoms. The second-order valence-corrected chi connectivity index (χ2v) is 7.85. The van der Waals surface area contributed by atoms with Crippen molar-refractivity contribution < 1.29 is 23.2 Å². The fourth-order valence-electron chi connectivity index (χ4n) is 3.13. The molecule has 10 heteroatoms. The van der Waals surface area contributed by atoms with Crippen LogP contribution in [-0.2, 0) is 9.53 Å². The van der Waals surface area contributed by atoms with Gasteiger partial charge in [-0.2, -0.15) is 0 Å². The summed E-state index contributed by atoms with van der Waals surface area (Å²) in [7, 11) is 0. The van der Waals surface area contributed by atoms with Crippen LogP contribution in [0.15, 0.2) is 75.4 Å². The zero-order chi connectivity index (χ0) is 22.8. The van der Waals surface area contributed by atoms with Crippen LogP contribution >= 0.6 is 11.3 Å². The van der Waals surface area contributed by atoms with Gasteiger partial charge in [0.05, 0.1) is 29.1 Å². The third-order valence-corrected chi connectivity index (χ3v) is 5.41. The third kappa shape index (κ3) is 4.23. The number of furan rings is 2. The van der Waals surface area contributed by atoms with Gasteiger partial charge in [-0.3, -0.25) is 10.1 Å². The average molecular weight is 460 g/mol. The molecule has 164 valence electrons.